The average molecular weight is 632 g/mol. The molecule has 1 saturated heterocycles. The van der Waals surface area contributed by atoms with Crippen molar-refractivity contribution in [1.29, 1.82) is 0 Å². The van der Waals surface area contributed by atoms with E-state index in [1.165, 1.54) is 0 Å². The van der Waals surface area contributed by atoms with Crippen LogP contribution in [-0.4, -0.2) is 20.3 Å². The molecule has 0 bridgehead atoms. The molecular formula is C34H35NO5P2S. The van der Waals surface area contributed by atoms with Gasteiger partial charge < -0.3 is 18.5 Å². The molecule has 1 atom stereocenters. The first kappa shape index (κ1) is 30.0. The van der Waals surface area contributed by atoms with E-state index in [1.807, 2.05) is 92.7 Å². The van der Waals surface area contributed by atoms with E-state index in [0.717, 1.165) is 16.2 Å². The highest BCUT2D eigenvalue weighted by atomic mass is 32.4. The van der Waals surface area contributed by atoms with Gasteiger partial charge in [-0.25, -0.2) is 0 Å². The molecule has 0 aliphatic carbocycles. The van der Waals surface area contributed by atoms with Gasteiger partial charge in [0.2, 0.25) is 0 Å². The first-order valence-corrected chi connectivity index (χ1v) is 18.6. The van der Waals surface area contributed by atoms with E-state index >= 15 is 0 Å². The van der Waals surface area contributed by atoms with Gasteiger partial charge in [0.05, 0.1) is 26.5 Å². The van der Waals surface area contributed by atoms with Crippen LogP contribution in [0, 0.1) is 5.41 Å². The minimum atomic E-state index is -3.75. The lowest BCUT2D eigenvalue weighted by Gasteiger charge is -2.38. The quantitative estimate of drug-likeness (QED) is 0.209. The molecule has 6 rings (SSSR count). The average Bonchev–Trinajstić information content (AvgIpc) is 3.04. The SMILES string of the molecule is COc1ccc(/C(=C2\CC(NP(=S)(c3ccccc3)c3ccccc3)c3ccccc3O2)P2(=O)OCC(C)(C)CO2)cc1. The Bertz CT molecular complexity index is 1670. The zero-order valence-corrected chi connectivity index (χ0v) is 27.0. The molecule has 2 aliphatic rings. The first-order chi connectivity index (χ1) is 20.7. The Morgan fingerprint density at radius 3 is 2.00 bits per heavy atom. The molecule has 0 saturated carbocycles. The minimum absolute atomic E-state index is 0.229. The van der Waals surface area contributed by atoms with Crippen molar-refractivity contribution in [3.8, 4) is 11.5 Å². The van der Waals surface area contributed by atoms with E-state index in [0.29, 0.717) is 47.8 Å². The van der Waals surface area contributed by atoms with E-state index in [9.17, 15) is 4.57 Å². The second-order valence-corrected chi connectivity index (χ2v) is 17.6. The largest absolute Gasteiger partial charge is 0.497 e. The van der Waals surface area contributed by atoms with Crippen LogP contribution in [0.4, 0.5) is 0 Å². The Kier molecular flexibility index (Phi) is 8.50. The zero-order valence-electron chi connectivity index (χ0n) is 24.4. The van der Waals surface area contributed by atoms with Crippen LogP contribution in [0.15, 0.2) is 115 Å². The molecule has 1 N–H and O–H groups in total. The fourth-order valence-electron chi connectivity index (χ4n) is 5.33. The van der Waals surface area contributed by atoms with Crippen LogP contribution in [0.5, 0.6) is 11.5 Å². The highest BCUT2D eigenvalue weighted by molar-refractivity contribution is 8.20. The summed E-state index contributed by atoms with van der Waals surface area (Å²) in [5, 5.41) is 6.48. The van der Waals surface area contributed by atoms with Crippen molar-refractivity contribution in [3.05, 3.63) is 126 Å². The van der Waals surface area contributed by atoms with E-state index in [-0.39, 0.29) is 11.5 Å². The number of ether oxygens (including phenoxy) is 2. The van der Waals surface area contributed by atoms with Crippen molar-refractivity contribution in [3.63, 3.8) is 0 Å². The van der Waals surface area contributed by atoms with Crippen molar-refractivity contribution in [1.82, 2.24) is 5.09 Å². The molecule has 43 heavy (non-hydrogen) atoms. The fraction of sp³-hybridized carbons (Fsp3) is 0.235. The molecular weight excluding hydrogens is 596 g/mol. The number of fused-ring (bicyclic) bond motifs is 1. The standard InChI is InChI=1S/C34H35NO5P2S/c1-34(2)23-38-42(36,39-24-34)33(25-18-20-26(37-3)21-19-25)32-22-30(29-16-10-11-17-31(29)40-32)35-41(43,27-12-6-4-7-13-27)28-14-8-5-9-15-28/h4-21,30H,22-24H2,1-3H3,(H,35,43)/b33-32-. The van der Waals surface area contributed by atoms with Gasteiger partial charge in [-0.05, 0) is 23.8 Å². The molecule has 6 nitrogen and oxygen atoms in total. The van der Waals surface area contributed by atoms with Gasteiger partial charge in [-0.15, -0.1) is 0 Å². The Morgan fingerprint density at radius 1 is 0.860 bits per heavy atom. The van der Waals surface area contributed by atoms with Crippen LogP contribution in [0.25, 0.3) is 5.31 Å². The van der Waals surface area contributed by atoms with E-state index in [1.54, 1.807) is 7.11 Å². The molecule has 4 aromatic carbocycles. The molecule has 222 valence electrons. The molecule has 1 unspecified atom stereocenters. The third kappa shape index (κ3) is 6.17. The maximum absolute atomic E-state index is 14.6. The van der Waals surface area contributed by atoms with Gasteiger partial charge in [0.25, 0.3) is 0 Å². The predicted octanol–water partition coefficient (Wildman–Crippen LogP) is 7.79. The second kappa shape index (κ2) is 12.2. The number of hydrogen-bond donors (Lipinski definition) is 1. The van der Waals surface area contributed by atoms with Gasteiger partial charge in [0, 0.05) is 34.1 Å². The summed E-state index contributed by atoms with van der Waals surface area (Å²) in [7, 11) is -2.14. The van der Waals surface area contributed by atoms with E-state index < -0.39 is 13.8 Å². The highest BCUT2D eigenvalue weighted by Gasteiger charge is 2.44. The summed E-state index contributed by atoms with van der Waals surface area (Å²) in [5.41, 5.74) is 1.43. The van der Waals surface area contributed by atoms with Crippen LogP contribution in [-0.2, 0) is 25.4 Å². The normalized spacial score (nSPS) is 20.4. The van der Waals surface area contributed by atoms with Crippen molar-refractivity contribution in [2.45, 2.75) is 26.3 Å². The maximum Gasteiger partial charge on any atom is 0.365 e. The van der Waals surface area contributed by atoms with Gasteiger partial charge in [-0.2, -0.15) is 0 Å². The number of hydrogen-bond acceptors (Lipinski definition) is 6. The number of methoxy groups -OCH3 is 1. The topological polar surface area (TPSA) is 66.0 Å². The zero-order chi connectivity index (χ0) is 30.1. The first-order valence-electron chi connectivity index (χ1n) is 14.2. The Hall–Kier alpha value is -3.02. The molecule has 2 aliphatic heterocycles. The Morgan fingerprint density at radius 2 is 1.42 bits per heavy atom. The number of nitrogens with one attached hydrogen (secondary N) is 1. The number of rotatable bonds is 7. The number of benzene rings is 4. The van der Waals surface area contributed by atoms with Crippen LogP contribution in [0.2, 0.25) is 0 Å². The maximum atomic E-state index is 14.6. The van der Waals surface area contributed by atoms with E-state index in [2.05, 4.69) is 35.4 Å². The van der Waals surface area contributed by atoms with Crippen molar-refractivity contribution in [2.24, 2.45) is 5.41 Å². The lowest BCUT2D eigenvalue weighted by molar-refractivity contribution is 0.0465. The van der Waals surface area contributed by atoms with Crippen LogP contribution < -0.4 is 25.2 Å². The second-order valence-electron chi connectivity index (χ2n) is 11.5. The van der Waals surface area contributed by atoms with Gasteiger partial charge >= 0.3 is 7.60 Å². The Labute approximate surface area is 258 Å². The molecule has 1 fully saturated rings. The summed E-state index contributed by atoms with van der Waals surface area (Å²) in [6.45, 7) is 4.67. The van der Waals surface area contributed by atoms with Crippen LogP contribution >= 0.6 is 13.8 Å². The lowest BCUT2D eigenvalue weighted by atomic mass is 9.97. The van der Waals surface area contributed by atoms with Crippen molar-refractivity contribution in [2.75, 3.05) is 20.3 Å². The fourth-order valence-corrected chi connectivity index (χ4v) is 11.2. The molecule has 0 radical (unpaired) electrons. The third-order valence-corrected chi connectivity index (χ3v) is 13.9. The van der Waals surface area contributed by atoms with Gasteiger partial charge in [-0.1, -0.05) is 117 Å². The smallest absolute Gasteiger partial charge is 0.365 e. The van der Waals surface area contributed by atoms with Crippen molar-refractivity contribution < 1.29 is 23.1 Å². The summed E-state index contributed by atoms with van der Waals surface area (Å²) in [6.07, 6.45) is -2.10. The third-order valence-electron chi connectivity index (χ3n) is 7.65. The van der Waals surface area contributed by atoms with Crippen molar-refractivity contribution >= 4 is 41.5 Å². The van der Waals surface area contributed by atoms with Crippen LogP contribution in [0.3, 0.4) is 0 Å². The van der Waals surface area contributed by atoms with E-state index in [4.69, 9.17) is 30.3 Å². The van der Waals surface area contributed by atoms with Gasteiger partial charge in [0.15, 0.2) is 0 Å². The lowest BCUT2D eigenvalue weighted by Crippen LogP contribution is -2.33. The minimum Gasteiger partial charge on any atom is -0.497 e. The molecule has 0 amide bonds. The van der Waals surface area contributed by atoms with Crippen LogP contribution in [0.1, 0.15) is 37.4 Å². The molecule has 0 spiro atoms. The monoisotopic (exact) mass is 631 g/mol. The van der Waals surface area contributed by atoms with Gasteiger partial charge in [0.1, 0.15) is 22.6 Å². The molecule has 2 heterocycles. The summed E-state index contributed by atoms with van der Waals surface area (Å²) >= 11 is 6.57. The Balaban J connectivity index is 1.50. The summed E-state index contributed by atoms with van der Waals surface area (Å²) in [4.78, 5) is 0. The molecule has 0 aromatic heterocycles. The summed E-state index contributed by atoms with van der Waals surface area (Å²) in [6, 6.07) is 35.6. The highest BCUT2D eigenvalue weighted by Crippen LogP contribution is 2.66. The molecule has 9 heteroatoms. The summed E-state index contributed by atoms with van der Waals surface area (Å²) in [5.74, 6) is 1.91. The number of para-hydroxylation sites is 1. The summed E-state index contributed by atoms with van der Waals surface area (Å²) < 4.78 is 38.8. The van der Waals surface area contributed by atoms with Gasteiger partial charge in [-0.3, -0.25) is 9.65 Å². The predicted molar refractivity (Wildman–Crippen MR) is 177 cm³/mol. The molecule has 4 aromatic rings.